The molecule has 2 aromatic carbocycles. The topological polar surface area (TPSA) is 147 Å². The van der Waals surface area contributed by atoms with E-state index >= 15 is 0 Å². The highest BCUT2D eigenvalue weighted by molar-refractivity contribution is 6.05. The van der Waals surface area contributed by atoms with E-state index < -0.39 is 12.3 Å². The summed E-state index contributed by atoms with van der Waals surface area (Å²) in [6.07, 6.45) is 6.47. The van der Waals surface area contributed by atoms with Gasteiger partial charge in [-0.25, -0.2) is 4.79 Å². The minimum absolute atomic E-state index is 0.0185. The first-order chi connectivity index (χ1) is 27.0. The second-order valence-electron chi connectivity index (χ2n) is 17.2. The van der Waals surface area contributed by atoms with E-state index in [1.807, 2.05) is 4.90 Å². The van der Waals surface area contributed by atoms with Crippen molar-refractivity contribution in [2.24, 2.45) is 33.5 Å². The van der Waals surface area contributed by atoms with Crippen molar-refractivity contribution in [3.05, 3.63) is 53.6 Å². The van der Waals surface area contributed by atoms with E-state index in [2.05, 4.69) is 89.7 Å². The minimum atomic E-state index is -0.653. The zero-order valence-electron chi connectivity index (χ0n) is 33.6. The van der Waals surface area contributed by atoms with Crippen molar-refractivity contribution in [1.82, 2.24) is 19.7 Å². The predicted octanol–water partition coefficient (Wildman–Crippen LogP) is 5.95. The van der Waals surface area contributed by atoms with Gasteiger partial charge in [-0.3, -0.25) is 19.7 Å². The number of aliphatic hydroxyl groups is 1. The van der Waals surface area contributed by atoms with E-state index in [4.69, 9.17) is 20.5 Å². The zero-order chi connectivity index (χ0) is 39.2. The number of rotatable bonds is 10. The summed E-state index contributed by atoms with van der Waals surface area (Å²) in [4.78, 5) is 39.6. The van der Waals surface area contributed by atoms with E-state index in [1.165, 1.54) is 7.11 Å². The summed E-state index contributed by atoms with van der Waals surface area (Å²) < 4.78 is 13.4. The van der Waals surface area contributed by atoms with Gasteiger partial charge in [0, 0.05) is 47.5 Å². The number of ether oxygens (including phenoxy) is 2. The van der Waals surface area contributed by atoms with Gasteiger partial charge in [-0.15, -0.1) is 0 Å². The molecule has 12 nitrogen and oxygen atoms in total. The zero-order valence-corrected chi connectivity index (χ0v) is 33.6. The van der Waals surface area contributed by atoms with Crippen molar-refractivity contribution in [3.8, 4) is 17.0 Å². The van der Waals surface area contributed by atoms with Crippen molar-refractivity contribution >= 4 is 34.3 Å². The normalized spacial score (nSPS) is 27.4. The fourth-order valence-electron chi connectivity index (χ4n) is 10.1. The second kappa shape index (κ2) is 15.9. The SMILES string of the molecule is CCC1CC(c2ccc3c(c2)OCn2c-3cc3cc(C4=NC(C5CCCN5C(=O)CNC(=O)OC)CC(C)C4)ccc32)=NC1C1CCCN1C(O)C(N)C(C)C. The number of nitrogens with two attached hydrogens (primary N) is 1. The Morgan fingerprint density at radius 3 is 2.55 bits per heavy atom. The lowest BCUT2D eigenvalue weighted by Crippen LogP contribution is -2.54. The molecule has 2 saturated heterocycles. The van der Waals surface area contributed by atoms with E-state index in [-0.39, 0.29) is 48.6 Å². The van der Waals surface area contributed by atoms with Gasteiger partial charge in [0.15, 0.2) is 6.73 Å². The van der Waals surface area contributed by atoms with E-state index in [0.29, 0.717) is 25.1 Å². The maximum Gasteiger partial charge on any atom is 0.407 e. The van der Waals surface area contributed by atoms with Gasteiger partial charge in [0.2, 0.25) is 5.91 Å². The van der Waals surface area contributed by atoms with Crippen LogP contribution in [0, 0.1) is 17.8 Å². The third-order valence-corrected chi connectivity index (χ3v) is 13.3. The molecule has 8 unspecified atom stereocenters. The van der Waals surface area contributed by atoms with Gasteiger partial charge in [-0.2, -0.15) is 0 Å². The first-order valence-corrected chi connectivity index (χ1v) is 20.9. The smallest absolute Gasteiger partial charge is 0.407 e. The van der Waals surface area contributed by atoms with Crippen molar-refractivity contribution in [3.63, 3.8) is 0 Å². The Labute approximate surface area is 330 Å². The molecule has 6 heterocycles. The number of aliphatic imine (C=N–C) groups is 2. The molecule has 0 spiro atoms. The molecule has 0 bridgehead atoms. The van der Waals surface area contributed by atoms with Crippen LogP contribution < -0.4 is 15.8 Å². The molecular formula is C44H59N7O5. The van der Waals surface area contributed by atoms with Crippen molar-refractivity contribution in [2.45, 2.75) is 122 Å². The lowest BCUT2D eigenvalue weighted by molar-refractivity contribution is -0.131. The molecular weight excluding hydrogens is 707 g/mol. The van der Waals surface area contributed by atoms with Crippen LogP contribution in [0.25, 0.3) is 22.2 Å². The molecule has 300 valence electrons. The molecule has 5 aliphatic rings. The highest BCUT2D eigenvalue weighted by Crippen LogP contribution is 2.42. The van der Waals surface area contributed by atoms with Gasteiger partial charge in [-0.1, -0.05) is 46.2 Å². The molecule has 1 aromatic heterocycles. The van der Waals surface area contributed by atoms with E-state index in [9.17, 15) is 14.7 Å². The van der Waals surface area contributed by atoms with Gasteiger partial charge < -0.3 is 35.1 Å². The highest BCUT2D eigenvalue weighted by atomic mass is 16.5. The number of nitrogens with one attached hydrogen (secondary N) is 1. The molecule has 0 saturated carbocycles. The Morgan fingerprint density at radius 1 is 1.02 bits per heavy atom. The first kappa shape index (κ1) is 38.6. The van der Waals surface area contributed by atoms with Crippen LogP contribution in [-0.2, 0) is 16.3 Å². The van der Waals surface area contributed by atoms with Crippen molar-refractivity contribution in [1.29, 1.82) is 0 Å². The third kappa shape index (κ3) is 7.24. The van der Waals surface area contributed by atoms with E-state index in [1.54, 1.807) is 0 Å². The summed E-state index contributed by atoms with van der Waals surface area (Å²) in [5.74, 6) is 1.85. The van der Waals surface area contributed by atoms with Crippen molar-refractivity contribution < 1.29 is 24.2 Å². The number of alkyl carbamates (subject to hydrolysis) is 1. The third-order valence-electron chi connectivity index (χ3n) is 13.3. The summed E-state index contributed by atoms with van der Waals surface area (Å²) in [6.45, 7) is 10.6. The van der Waals surface area contributed by atoms with Gasteiger partial charge in [0.05, 0.1) is 36.4 Å². The van der Waals surface area contributed by atoms with Crippen LogP contribution in [0.3, 0.4) is 0 Å². The molecule has 0 radical (unpaired) electrons. The number of carbonyl (C=O) groups excluding carboxylic acids is 2. The molecule has 56 heavy (non-hydrogen) atoms. The Morgan fingerprint density at radius 2 is 1.77 bits per heavy atom. The molecule has 3 aromatic rings. The average molecular weight is 766 g/mol. The molecule has 8 rings (SSSR count). The number of aromatic nitrogens is 1. The van der Waals surface area contributed by atoms with Crippen LogP contribution in [0.4, 0.5) is 4.79 Å². The fraction of sp³-hybridized carbons (Fsp3) is 0.591. The van der Waals surface area contributed by atoms with Gasteiger partial charge in [0.1, 0.15) is 18.5 Å². The highest BCUT2D eigenvalue weighted by Gasteiger charge is 2.43. The summed E-state index contributed by atoms with van der Waals surface area (Å²) in [5.41, 5.74) is 14.2. The lowest BCUT2D eigenvalue weighted by atomic mass is 9.86. The van der Waals surface area contributed by atoms with Crippen LogP contribution in [0.5, 0.6) is 5.75 Å². The number of methoxy groups -OCH3 is 1. The summed E-state index contributed by atoms with van der Waals surface area (Å²) in [5, 5.41) is 14.9. The first-order valence-electron chi connectivity index (χ1n) is 20.9. The maximum absolute atomic E-state index is 13.1. The number of nitrogens with zero attached hydrogens (tertiary/aromatic N) is 5. The van der Waals surface area contributed by atoms with Gasteiger partial charge in [-0.05, 0) is 104 Å². The monoisotopic (exact) mass is 765 g/mol. The van der Waals surface area contributed by atoms with Crippen LogP contribution in [0.1, 0.15) is 90.2 Å². The maximum atomic E-state index is 13.1. The number of aliphatic hydroxyl groups excluding tert-OH is 1. The van der Waals surface area contributed by atoms with E-state index in [0.717, 1.165) is 108 Å². The predicted molar refractivity (Wildman–Crippen MR) is 219 cm³/mol. The van der Waals surface area contributed by atoms with Gasteiger partial charge in [0.25, 0.3) is 0 Å². The molecule has 4 N–H and O–H groups in total. The number of hydrogen-bond acceptors (Lipinski definition) is 9. The molecule has 2 fully saturated rings. The molecule has 8 atom stereocenters. The number of fused-ring (bicyclic) bond motifs is 5. The Balaban J connectivity index is 1.02. The number of hydrogen-bond donors (Lipinski definition) is 3. The van der Waals surface area contributed by atoms with Gasteiger partial charge >= 0.3 is 6.09 Å². The average Bonchev–Trinajstić information content (AvgIpc) is 4.03. The van der Waals surface area contributed by atoms with Crippen LogP contribution >= 0.6 is 0 Å². The lowest BCUT2D eigenvalue weighted by Gasteiger charge is -2.37. The molecule has 5 aliphatic heterocycles. The Bertz CT molecular complexity index is 2020. The largest absolute Gasteiger partial charge is 0.472 e. The number of carbonyl (C=O) groups is 2. The molecule has 2 amide bonds. The minimum Gasteiger partial charge on any atom is -0.472 e. The fourth-order valence-corrected chi connectivity index (χ4v) is 10.1. The van der Waals surface area contributed by atoms with Crippen LogP contribution in [0.2, 0.25) is 0 Å². The number of likely N-dealkylation sites (tertiary alicyclic amines) is 2. The second-order valence-corrected chi connectivity index (χ2v) is 17.2. The summed E-state index contributed by atoms with van der Waals surface area (Å²) in [7, 11) is 1.30. The number of amides is 2. The Kier molecular flexibility index (Phi) is 11.0. The quantitative estimate of drug-likeness (QED) is 0.231. The molecule has 0 aliphatic carbocycles. The van der Waals surface area contributed by atoms with Crippen LogP contribution in [0.15, 0.2) is 52.4 Å². The standard InChI is InChI=1S/C44H59N7O5/c1-6-27-20-33(48-42(27)37-10-8-16-50(37)43(53)41(45)25(2)3)29-11-13-31-38-21-30-19-28(12-14-35(30)51(38)24-56-39(31)22-29)32-17-26(4)18-34(47-32)36-9-7-15-49(36)40(52)23-46-44(54)55-5/h11-14,19,21-22,25-27,34,36-37,41-43,53H,6-10,15-18,20,23-24,45H2,1-5H3,(H,46,54). The Hall–Kier alpha value is -4.26. The summed E-state index contributed by atoms with van der Waals surface area (Å²) >= 11 is 0. The molecule has 12 heteroatoms. The summed E-state index contributed by atoms with van der Waals surface area (Å²) in [6, 6.07) is 15.6. The van der Waals surface area contributed by atoms with Crippen molar-refractivity contribution in [2.75, 3.05) is 26.7 Å². The van der Waals surface area contributed by atoms with Crippen LogP contribution in [-0.4, -0.2) is 106 Å². The number of benzene rings is 2.